The first-order chi connectivity index (χ1) is 29.6. The quantitative estimate of drug-likeness (QED) is 0.174. The number of allylic oxidation sites excluding steroid dienone is 4. The van der Waals surface area contributed by atoms with Crippen LogP contribution in [0.1, 0.15) is 97.2 Å². The molecule has 0 saturated carbocycles. The molecule has 62 heavy (non-hydrogen) atoms. The van der Waals surface area contributed by atoms with E-state index in [4.69, 9.17) is 14.4 Å². The van der Waals surface area contributed by atoms with Gasteiger partial charge in [-0.25, -0.2) is 9.97 Å². The second-order valence-electron chi connectivity index (χ2n) is 20.3. The lowest BCUT2D eigenvalue weighted by molar-refractivity contribution is 0.572. The van der Waals surface area contributed by atoms with Crippen molar-refractivity contribution in [1.29, 1.82) is 0 Å². The Bertz CT molecular complexity index is 3190. The maximum absolute atomic E-state index is 6.76. The first-order valence-electron chi connectivity index (χ1n) is 22.1. The summed E-state index contributed by atoms with van der Waals surface area (Å²) in [5.41, 5.74) is 16.0. The molecule has 4 nitrogen and oxygen atoms in total. The van der Waals surface area contributed by atoms with E-state index in [0.717, 1.165) is 67.9 Å². The highest BCUT2D eigenvalue weighted by molar-refractivity contribution is 6.13. The fourth-order valence-corrected chi connectivity index (χ4v) is 9.28. The number of para-hydroxylation sites is 1. The van der Waals surface area contributed by atoms with Crippen LogP contribution >= 0.6 is 0 Å². The Morgan fingerprint density at radius 2 is 1.19 bits per heavy atom. The smallest absolute Gasteiger partial charge is 0.180 e. The summed E-state index contributed by atoms with van der Waals surface area (Å²) in [6.45, 7) is 21.0. The van der Waals surface area contributed by atoms with Gasteiger partial charge in [0.05, 0.1) is 16.7 Å². The molecule has 10 rings (SSSR count). The molecule has 0 radical (unpaired) electrons. The van der Waals surface area contributed by atoms with Crippen LogP contribution in [0.25, 0.3) is 83.1 Å². The van der Waals surface area contributed by atoms with Crippen LogP contribution in [-0.2, 0) is 16.2 Å². The molecule has 4 heteroatoms. The summed E-state index contributed by atoms with van der Waals surface area (Å²) in [6.07, 6.45) is 9.48. The van der Waals surface area contributed by atoms with E-state index in [2.05, 4.69) is 206 Å². The largest absolute Gasteiger partial charge is 0.452 e. The summed E-state index contributed by atoms with van der Waals surface area (Å²) in [4.78, 5) is 10.7. The molecule has 0 bridgehead atoms. The molecule has 3 heterocycles. The van der Waals surface area contributed by atoms with Crippen molar-refractivity contribution in [3.8, 4) is 39.2 Å². The Morgan fingerprint density at radius 3 is 1.81 bits per heavy atom. The van der Waals surface area contributed by atoms with Crippen molar-refractivity contribution >= 4 is 43.9 Å². The van der Waals surface area contributed by atoms with Crippen molar-refractivity contribution in [3.05, 3.63) is 174 Å². The minimum Gasteiger partial charge on any atom is -0.452 e. The van der Waals surface area contributed by atoms with Gasteiger partial charge in [0.2, 0.25) is 0 Å². The third-order valence-electron chi connectivity index (χ3n) is 12.7. The molecule has 308 valence electrons. The van der Waals surface area contributed by atoms with Crippen molar-refractivity contribution < 1.29 is 4.42 Å². The fraction of sp³-hybridized carbons (Fsp3) is 0.241. The molecule has 0 spiro atoms. The van der Waals surface area contributed by atoms with Crippen LogP contribution in [0.15, 0.2) is 156 Å². The van der Waals surface area contributed by atoms with E-state index >= 15 is 0 Å². The van der Waals surface area contributed by atoms with Crippen molar-refractivity contribution in [2.24, 2.45) is 0 Å². The topological polar surface area (TPSA) is 43.9 Å². The molecule has 1 atom stereocenters. The van der Waals surface area contributed by atoms with Crippen LogP contribution in [0.3, 0.4) is 0 Å². The Labute approximate surface area is 365 Å². The molecule has 1 aliphatic carbocycles. The SMILES string of the molecule is CC(C)(C)c1ccc2c(c1)c1cc(C(C)(C)C)cc(C(C)(C)C)c1n2-c1c(-c2ccccc2)cc(-c2nc(C3C=CC=CC3)nc3c2oc2ccccc23)cc1-c1ccccc1. The van der Waals surface area contributed by atoms with Crippen LogP contribution in [0.4, 0.5) is 0 Å². The van der Waals surface area contributed by atoms with Crippen LogP contribution in [0.5, 0.6) is 0 Å². The average molecular weight is 810 g/mol. The van der Waals surface area contributed by atoms with E-state index in [9.17, 15) is 0 Å². The molecule has 0 saturated heterocycles. The van der Waals surface area contributed by atoms with Crippen LogP contribution < -0.4 is 0 Å². The third-order valence-corrected chi connectivity index (χ3v) is 12.7. The zero-order valence-electron chi connectivity index (χ0n) is 37.5. The second-order valence-corrected chi connectivity index (χ2v) is 20.3. The molecule has 6 aromatic carbocycles. The second kappa shape index (κ2) is 14.6. The molecule has 1 aliphatic rings. The predicted octanol–water partition coefficient (Wildman–Crippen LogP) is 16.0. The summed E-state index contributed by atoms with van der Waals surface area (Å²) < 4.78 is 9.35. The summed E-state index contributed by atoms with van der Waals surface area (Å²) in [5, 5.41) is 3.55. The monoisotopic (exact) mass is 809 g/mol. The first-order valence-corrected chi connectivity index (χ1v) is 22.1. The van der Waals surface area contributed by atoms with E-state index < -0.39 is 0 Å². The van der Waals surface area contributed by atoms with Gasteiger partial charge in [0.15, 0.2) is 5.58 Å². The Hall–Kier alpha value is -6.52. The summed E-state index contributed by atoms with van der Waals surface area (Å²) in [6, 6.07) is 46.8. The minimum atomic E-state index is -0.161. The van der Waals surface area contributed by atoms with Crippen LogP contribution in [0, 0.1) is 0 Å². The molecule has 0 amide bonds. The summed E-state index contributed by atoms with van der Waals surface area (Å²) in [7, 11) is 0. The van der Waals surface area contributed by atoms with Gasteiger partial charge in [-0.05, 0) is 92.9 Å². The molecule has 1 unspecified atom stereocenters. The summed E-state index contributed by atoms with van der Waals surface area (Å²) >= 11 is 0. The Kier molecular flexibility index (Phi) is 9.30. The van der Waals surface area contributed by atoms with Gasteiger partial charge in [0.1, 0.15) is 22.6 Å². The first kappa shape index (κ1) is 39.6. The molecule has 0 fully saturated rings. The van der Waals surface area contributed by atoms with Gasteiger partial charge in [-0.1, -0.05) is 172 Å². The zero-order valence-corrected chi connectivity index (χ0v) is 37.5. The average Bonchev–Trinajstić information content (AvgIpc) is 3.80. The molecule has 0 N–H and O–H groups in total. The summed E-state index contributed by atoms with van der Waals surface area (Å²) in [5.74, 6) is 0.857. The highest BCUT2D eigenvalue weighted by atomic mass is 16.3. The third kappa shape index (κ3) is 6.77. The van der Waals surface area contributed by atoms with Crippen LogP contribution in [0.2, 0.25) is 0 Å². The van der Waals surface area contributed by atoms with Gasteiger partial charge in [0.25, 0.3) is 0 Å². The number of furan rings is 1. The molecular weight excluding hydrogens is 755 g/mol. The van der Waals surface area contributed by atoms with Crippen molar-refractivity contribution in [2.75, 3.05) is 0 Å². The van der Waals surface area contributed by atoms with E-state index in [1.807, 2.05) is 12.1 Å². The van der Waals surface area contributed by atoms with E-state index in [0.29, 0.717) is 5.58 Å². The maximum atomic E-state index is 6.76. The number of rotatable bonds is 5. The van der Waals surface area contributed by atoms with Crippen molar-refractivity contribution in [3.63, 3.8) is 0 Å². The molecular formula is C58H55N3O. The lowest BCUT2D eigenvalue weighted by atomic mass is 9.79. The van der Waals surface area contributed by atoms with E-state index in [1.165, 1.54) is 38.5 Å². The highest BCUT2D eigenvalue weighted by Gasteiger charge is 2.31. The van der Waals surface area contributed by atoms with Gasteiger partial charge in [-0.3, -0.25) is 0 Å². The number of hydrogen-bond donors (Lipinski definition) is 0. The van der Waals surface area contributed by atoms with Gasteiger partial charge in [-0.15, -0.1) is 0 Å². The van der Waals surface area contributed by atoms with Gasteiger partial charge < -0.3 is 8.98 Å². The van der Waals surface area contributed by atoms with Gasteiger partial charge >= 0.3 is 0 Å². The van der Waals surface area contributed by atoms with Crippen LogP contribution in [-0.4, -0.2) is 14.5 Å². The van der Waals surface area contributed by atoms with E-state index in [1.54, 1.807) is 0 Å². The molecule has 9 aromatic rings. The molecule has 0 aliphatic heterocycles. The number of fused-ring (bicyclic) bond motifs is 6. The normalized spacial score (nSPS) is 14.8. The van der Waals surface area contributed by atoms with Crippen molar-refractivity contribution in [1.82, 2.24) is 14.5 Å². The standard InChI is InChI=1S/C58H55N3O/c1-56(2,3)40-29-30-48-45(33-40)46-34-41(57(4,5)6)35-47(58(7,8)9)53(46)61(48)52-43(36-21-13-10-14-22-36)31-39(32-44(52)37-23-15-11-16-24-37)50-54-51(42-27-19-20-28-49(42)62-54)60-55(59-50)38-25-17-12-18-26-38/h10-25,27-35,38H,26H2,1-9H3. The van der Waals surface area contributed by atoms with E-state index in [-0.39, 0.29) is 22.2 Å². The Balaban J connectivity index is 1.40. The zero-order chi connectivity index (χ0) is 43.1. The highest BCUT2D eigenvalue weighted by Crippen LogP contribution is 2.48. The van der Waals surface area contributed by atoms with Gasteiger partial charge in [0, 0.05) is 38.8 Å². The predicted molar refractivity (Wildman–Crippen MR) is 262 cm³/mol. The number of nitrogens with zero attached hydrogens (tertiary/aromatic N) is 3. The minimum absolute atomic E-state index is 0.0226. The number of hydrogen-bond acceptors (Lipinski definition) is 3. The Morgan fingerprint density at radius 1 is 0.565 bits per heavy atom. The number of benzene rings is 6. The number of aromatic nitrogens is 3. The van der Waals surface area contributed by atoms with Gasteiger partial charge in [-0.2, -0.15) is 0 Å². The lowest BCUT2D eigenvalue weighted by Gasteiger charge is -2.28. The fourth-order valence-electron chi connectivity index (χ4n) is 9.28. The maximum Gasteiger partial charge on any atom is 0.180 e. The lowest BCUT2D eigenvalue weighted by Crippen LogP contribution is -2.18. The van der Waals surface area contributed by atoms with Crippen molar-refractivity contribution in [2.45, 2.75) is 90.9 Å². The molecule has 3 aromatic heterocycles.